The van der Waals surface area contributed by atoms with Crippen molar-refractivity contribution in [2.45, 2.75) is 12.8 Å². The minimum absolute atomic E-state index is 0.0680. The summed E-state index contributed by atoms with van der Waals surface area (Å²) in [6.07, 6.45) is 3.44. The van der Waals surface area contributed by atoms with E-state index < -0.39 is 6.09 Å². The van der Waals surface area contributed by atoms with Crippen molar-refractivity contribution < 1.29 is 14.3 Å². The first-order chi connectivity index (χ1) is 14.7. The van der Waals surface area contributed by atoms with E-state index in [0.29, 0.717) is 13.2 Å². The molecule has 4 rings (SSSR count). The highest BCUT2D eigenvalue weighted by Gasteiger charge is 2.28. The lowest BCUT2D eigenvalue weighted by Gasteiger charge is -2.14. The largest absolute Gasteiger partial charge is 0.497 e. The molecule has 4 nitrogen and oxygen atoms in total. The van der Waals surface area contributed by atoms with E-state index in [2.05, 4.69) is 35.6 Å². The summed E-state index contributed by atoms with van der Waals surface area (Å²) < 4.78 is 10.8. The lowest BCUT2D eigenvalue weighted by atomic mass is 9.98. The number of amides is 1. The number of methoxy groups -OCH3 is 1. The molecule has 0 radical (unpaired) electrons. The summed E-state index contributed by atoms with van der Waals surface area (Å²) in [6, 6.07) is 22.6. The van der Waals surface area contributed by atoms with Gasteiger partial charge in [0, 0.05) is 12.5 Å². The van der Waals surface area contributed by atoms with Gasteiger partial charge in [0.25, 0.3) is 0 Å². The molecule has 3 aromatic carbocycles. The maximum atomic E-state index is 12.2. The number of hydrogen-bond donors (Lipinski definition) is 1. The molecule has 1 aliphatic carbocycles. The molecule has 0 aliphatic heterocycles. The van der Waals surface area contributed by atoms with Crippen molar-refractivity contribution in [1.29, 1.82) is 0 Å². The average Bonchev–Trinajstić information content (AvgIpc) is 3.09. The summed E-state index contributed by atoms with van der Waals surface area (Å²) in [7, 11) is 1.65. The quantitative estimate of drug-likeness (QED) is 0.591. The second-order valence-corrected chi connectivity index (χ2v) is 7.39. The molecule has 1 aliphatic rings. The van der Waals surface area contributed by atoms with Gasteiger partial charge in [0.2, 0.25) is 0 Å². The highest BCUT2D eigenvalue weighted by atomic mass is 16.5. The van der Waals surface area contributed by atoms with Gasteiger partial charge in [-0.15, -0.1) is 0 Å². The number of ether oxygens (including phenoxy) is 2. The standard InChI is InChI=1S/C26H25NO3/c1-18-14-19(16-20(15-18)29-2)8-7-13-27-26(28)30-17-25-23-11-5-3-9-21(23)22-10-4-6-12-24(22)25/h3-12,14-16,25H,13,17H2,1-2H3,(H,27,28). The maximum absolute atomic E-state index is 12.2. The number of carbonyl (C=O) groups is 1. The third kappa shape index (κ3) is 4.23. The minimum atomic E-state index is -0.414. The number of hydrogen-bond acceptors (Lipinski definition) is 3. The molecule has 0 aromatic heterocycles. The first-order valence-corrected chi connectivity index (χ1v) is 10.1. The Morgan fingerprint density at radius 3 is 2.33 bits per heavy atom. The lowest BCUT2D eigenvalue weighted by molar-refractivity contribution is 0.144. The Kier molecular flexibility index (Phi) is 5.84. The first-order valence-electron chi connectivity index (χ1n) is 10.1. The minimum Gasteiger partial charge on any atom is -0.497 e. The van der Waals surface area contributed by atoms with Gasteiger partial charge in [0.1, 0.15) is 12.4 Å². The van der Waals surface area contributed by atoms with E-state index in [4.69, 9.17) is 9.47 Å². The molecule has 4 heteroatoms. The molecule has 0 bridgehead atoms. The monoisotopic (exact) mass is 399 g/mol. The third-order valence-corrected chi connectivity index (χ3v) is 5.33. The molecule has 0 saturated heterocycles. The van der Waals surface area contributed by atoms with Crippen LogP contribution < -0.4 is 10.1 Å². The predicted molar refractivity (Wildman–Crippen MR) is 120 cm³/mol. The molecule has 0 fully saturated rings. The summed E-state index contributed by atoms with van der Waals surface area (Å²) in [4.78, 5) is 12.2. The fraction of sp³-hybridized carbons (Fsp3) is 0.192. The van der Waals surface area contributed by atoms with Gasteiger partial charge >= 0.3 is 6.09 Å². The van der Waals surface area contributed by atoms with Crippen molar-refractivity contribution in [3.63, 3.8) is 0 Å². The second-order valence-electron chi connectivity index (χ2n) is 7.39. The molecule has 1 N–H and O–H groups in total. The van der Waals surface area contributed by atoms with Gasteiger partial charge in [0.05, 0.1) is 7.11 Å². The van der Waals surface area contributed by atoms with Crippen LogP contribution in [-0.4, -0.2) is 26.4 Å². The fourth-order valence-corrected chi connectivity index (χ4v) is 3.98. The summed E-state index contributed by atoms with van der Waals surface area (Å²) in [5.74, 6) is 0.887. The van der Waals surface area contributed by atoms with Crippen molar-refractivity contribution in [2.24, 2.45) is 0 Å². The number of rotatable bonds is 6. The van der Waals surface area contributed by atoms with Crippen molar-refractivity contribution in [3.05, 3.63) is 95.1 Å². The van der Waals surface area contributed by atoms with Crippen LogP contribution in [0.4, 0.5) is 4.79 Å². The summed E-state index contributed by atoms with van der Waals surface area (Å²) >= 11 is 0. The highest BCUT2D eigenvalue weighted by Crippen LogP contribution is 2.44. The summed E-state index contributed by atoms with van der Waals surface area (Å²) in [5, 5.41) is 2.79. The van der Waals surface area contributed by atoms with Gasteiger partial charge in [-0.3, -0.25) is 0 Å². The molecule has 3 aromatic rings. The molecule has 0 heterocycles. The van der Waals surface area contributed by atoms with Gasteiger partial charge < -0.3 is 14.8 Å². The van der Waals surface area contributed by atoms with Crippen molar-refractivity contribution >= 4 is 12.2 Å². The molecule has 0 atom stereocenters. The Morgan fingerprint density at radius 1 is 1.00 bits per heavy atom. The van der Waals surface area contributed by atoms with E-state index in [0.717, 1.165) is 16.9 Å². The van der Waals surface area contributed by atoms with Gasteiger partial charge in [-0.2, -0.15) is 0 Å². The summed E-state index contributed by atoms with van der Waals surface area (Å²) in [6.45, 7) is 2.74. The number of aryl methyl sites for hydroxylation is 1. The van der Waals surface area contributed by atoms with E-state index in [-0.39, 0.29) is 5.92 Å². The van der Waals surface area contributed by atoms with Gasteiger partial charge in [0.15, 0.2) is 0 Å². The third-order valence-electron chi connectivity index (χ3n) is 5.33. The van der Waals surface area contributed by atoms with Crippen LogP contribution in [0.2, 0.25) is 0 Å². The molecule has 0 spiro atoms. The van der Waals surface area contributed by atoms with Crippen LogP contribution >= 0.6 is 0 Å². The molecule has 0 unspecified atom stereocenters. The van der Waals surface area contributed by atoms with E-state index >= 15 is 0 Å². The Hall–Kier alpha value is -3.53. The zero-order chi connectivity index (χ0) is 20.9. The Balaban J connectivity index is 1.33. The molecule has 152 valence electrons. The SMILES string of the molecule is COc1cc(C)cc(C=CCNC(=O)OCC2c3ccccc3-c3ccccc32)c1. The van der Waals surface area contributed by atoms with Crippen LogP contribution in [0.1, 0.15) is 28.2 Å². The van der Waals surface area contributed by atoms with Crippen LogP contribution in [0.15, 0.2) is 72.8 Å². The van der Waals surface area contributed by atoms with Crippen LogP contribution in [-0.2, 0) is 4.74 Å². The first kappa shape index (κ1) is 19.8. The fourth-order valence-electron chi connectivity index (χ4n) is 3.98. The number of nitrogens with one attached hydrogen (secondary N) is 1. The number of fused-ring (bicyclic) bond motifs is 3. The second kappa shape index (κ2) is 8.87. The Labute approximate surface area is 177 Å². The zero-order valence-electron chi connectivity index (χ0n) is 17.2. The van der Waals surface area contributed by atoms with Crippen molar-refractivity contribution in [1.82, 2.24) is 5.32 Å². The average molecular weight is 399 g/mol. The Bertz CT molecular complexity index is 1040. The summed E-state index contributed by atoms with van der Waals surface area (Å²) in [5.41, 5.74) is 7.01. The molecule has 30 heavy (non-hydrogen) atoms. The van der Waals surface area contributed by atoms with E-state index in [9.17, 15) is 4.79 Å². The maximum Gasteiger partial charge on any atom is 0.407 e. The predicted octanol–water partition coefficient (Wildman–Crippen LogP) is 5.56. The van der Waals surface area contributed by atoms with E-state index in [1.807, 2.05) is 55.5 Å². The molecular formula is C26H25NO3. The van der Waals surface area contributed by atoms with Crippen LogP contribution in [0.3, 0.4) is 0 Å². The molecular weight excluding hydrogens is 374 g/mol. The smallest absolute Gasteiger partial charge is 0.407 e. The number of alkyl carbamates (subject to hydrolysis) is 1. The Morgan fingerprint density at radius 2 is 1.67 bits per heavy atom. The number of benzene rings is 3. The van der Waals surface area contributed by atoms with Crippen molar-refractivity contribution in [3.8, 4) is 16.9 Å². The van der Waals surface area contributed by atoms with Crippen LogP contribution in [0, 0.1) is 6.92 Å². The lowest BCUT2D eigenvalue weighted by Crippen LogP contribution is -2.26. The molecule has 0 saturated carbocycles. The van der Waals surface area contributed by atoms with E-state index in [1.165, 1.54) is 22.3 Å². The van der Waals surface area contributed by atoms with Crippen LogP contribution in [0.25, 0.3) is 17.2 Å². The topological polar surface area (TPSA) is 47.6 Å². The van der Waals surface area contributed by atoms with E-state index in [1.54, 1.807) is 7.11 Å². The normalized spacial score (nSPS) is 12.5. The van der Waals surface area contributed by atoms with Crippen molar-refractivity contribution in [2.75, 3.05) is 20.3 Å². The zero-order valence-corrected chi connectivity index (χ0v) is 17.2. The van der Waals surface area contributed by atoms with Gasteiger partial charge in [-0.1, -0.05) is 66.7 Å². The highest BCUT2D eigenvalue weighted by molar-refractivity contribution is 5.79. The van der Waals surface area contributed by atoms with Crippen LogP contribution in [0.5, 0.6) is 5.75 Å². The number of carbonyl (C=O) groups excluding carboxylic acids is 1. The van der Waals surface area contributed by atoms with Gasteiger partial charge in [-0.25, -0.2) is 4.79 Å². The molecule has 1 amide bonds. The van der Waals surface area contributed by atoms with Gasteiger partial charge in [-0.05, 0) is 52.4 Å².